The van der Waals surface area contributed by atoms with Gasteiger partial charge in [0.15, 0.2) is 0 Å². The lowest BCUT2D eigenvalue weighted by molar-refractivity contribution is 0.0827. The van der Waals surface area contributed by atoms with Gasteiger partial charge in [0.2, 0.25) is 5.16 Å². The third kappa shape index (κ3) is 3.77. The number of benzene rings is 2. The van der Waals surface area contributed by atoms with E-state index in [1.165, 1.54) is 0 Å². The smallest absolute Gasteiger partial charge is 0.253 e. The fourth-order valence-corrected chi connectivity index (χ4v) is 3.53. The fraction of sp³-hybridized carbons (Fsp3) is 0.263. The molecule has 6 nitrogen and oxygen atoms in total. The Labute approximate surface area is 157 Å². The minimum absolute atomic E-state index is 0.00294. The molecule has 0 bridgehead atoms. The van der Waals surface area contributed by atoms with Gasteiger partial charge in [0.05, 0.1) is 5.69 Å². The Morgan fingerprint density at radius 3 is 2.35 bits per heavy atom. The third-order valence-electron chi connectivity index (χ3n) is 4.07. The summed E-state index contributed by atoms with van der Waals surface area (Å²) in [6.07, 6.45) is 0. The minimum Gasteiger partial charge on any atom is -0.345 e. The van der Waals surface area contributed by atoms with Crippen molar-refractivity contribution in [3.05, 3.63) is 64.7 Å². The Kier molecular flexibility index (Phi) is 5.37. The van der Waals surface area contributed by atoms with Crippen LogP contribution in [0.5, 0.6) is 0 Å². The van der Waals surface area contributed by atoms with E-state index >= 15 is 0 Å². The van der Waals surface area contributed by atoms with E-state index in [2.05, 4.69) is 41.5 Å². The number of para-hydroxylation sites is 1. The minimum atomic E-state index is 0.00294. The molecule has 2 aromatic carbocycles. The van der Waals surface area contributed by atoms with Crippen LogP contribution in [0.15, 0.2) is 47.6 Å². The van der Waals surface area contributed by atoms with Crippen LogP contribution in [0.1, 0.15) is 27.0 Å². The molecular formula is C19H21N5OS. The van der Waals surface area contributed by atoms with Gasteiger partial charge in [0, 0.05) is 25.4 Å². The van der Waals surface area contributed by atoms with Gasteiger partial charge < -0.3 is 4.90 Å². The van der Waals surface area contributed by atoms with E-state index in [4.69, 9.17) is 0 Å². The number of aryl methyl sites for hydroxylation is 2. The molecule has 0 saturated carbocycles. The Bertz CT molecular complexity index is 898. The maximum absolute atomic E-state index is 12.0. The third-order valence-corrected chi connectivity index (χ3v) is 5.06. The van der Waals surface area contributed by atoms with Crippen molar-refractivity contribution in [1.82, 2.24) is 25.1 Å². The van der Waals surface area contributed by atoms with Gasteiger partial charge in [0.25, 0.3) is 5.91 Å². The summed E-state index contributed by atoms with van der Waals surface area (Å²) in [5.41, 5.74) is 5.08. The summed E-state index contributed by atoms with van der Waals surface area (Å²) in [5.74, 6) is 0.727. The van der Waals surface area contributed by atoms with Crippen molar-refractivity contribution < 1.29 is 4.79 Å². The van der Waals surface area contributed by atoms with Crippen LogP contribution in [0.3, 0.4) is 0 Å². The Balaban J connectivity index is 1.76. The monoisotopic (exact) mass is 367 g/mol. The second kappa shape index (κ2) is 7.70. The van der Waals surface area contributed by atoms with Crippen LogP contribution >= 0.6 is 11.8 Å². The van der Waals surface area contributed by atoms with Crippen molar-refractivity contribution in [2.75, 3.05) is 14.1 Å². The van der Waals surface area contributed by atoms with Crippen LogP contribution < -0.4 is 0 Å². The standard InChI is InChI=1S/C19H21N5OS/c1-13-6-5-7-14(2)17(13)24-19(20-21-22-24)26-12-15-8-10-16(11-9-15)18(25)23(3)4/h5-11H,12H2,1-4H3. The summed E-state index contributed by atoms with van der Waals surface area (Å²) in [5, 5.41) is 12.9. The van der Waals surface area contributed by atoms with Crippen molar-refractivity contribution in [2.45, 2.75) is 24.8 Å². The van der Waals surface area contributed by atoms with E-state index in [1.54, 1.807) is 35.4 Å². The van der Waals surface area contributed by atoms with E-state index in [0.29, 0.717) is 5.56 Å². The first-order valence-electron chi connectivity index (χ1n) is 8.25. The number of carbonyl (C=O) groups excluding carboxylic acids is 1. The highest BCUT2D eigenvalue weighted by molar-refractivity contribution is 7.98. The molecule has 1 amide bonds. The summed E-state index contributed by atoms with van der Waals surface area (Å²) in [6, 6.07) is 13.8. The van der Waals surface area contributed by atoms with Gasteiger partial charge in [-0.05, 0) is 53.1 Å². The number of hydrogen-bond acceptors (Lipinski definition) is 5. The number of carbonyl (C=O) groups is 1. The summed E-state index contributed by atoms with van der Waals surface area (Å²) in [4.78, 5) is 13.5. The number of amides is 1. The van der Waals surface area contributed by atoms with Crippen LogP contribution in [-0.4, -0.2) is 45.1 Å². The van der Waals surface area contributed by atoms with E-state index in [1.807, 2.05) is 30.3 Å². The molecule has 0 unspecified atom stereocenters. The van der Waals surface area contributed by atoms with E-state index in [0.717, 1.165) is 33.3 Å². The molecule has 0 radical (unpaired) electrons. The Morgan fingerprint density at radius 2 is 1.73 bits per heavy atom. The molecule has 0 N–H and O–H groups in total. The zero-order chi connectivity index (χ0) is 18.7. The molecule has 0 aliphatic rings. The average molecular weight is 367 g/mol. The first-order valence-corrected chi connectivity index (χ1v) is 9.24. The molecular weight excluding hydrogens is 346 g/mol. The first-order chi connectivity index (χ1) is 12.5. The van der Waals surface area contributed by atoms with Crippen LogP contribution in [0.4, 0.5) is 0 Å². The number of aromatic nitrogens is 4. The topological polar surface area (TPSA) is 63.9 Å². The van der Waals surface area contributed by atoms with Crippen molar-refractivity contribution in [3.8, 4) is 5.69 Å². The molecule has 0 atom stereocenters. The van der Waals surface area contributed by atoms with Gasteiger partial charge >= 0.3 is 0 Å². The highest BCUT2D eigenvalue weighted by atomic mass is 32.2. The highest BCUT2D eigenvalue weighted by Gasteiger charge is 2.13. The van der Waals surface area contributed by atoms with Gasteiger partial charge in [-0.2, -0.15) is 4.68 Å². The summed E-state index contributed by atoms with van der Waals surface area (Å²) in [6.45, 7) is 4.11. The molecule has 1 aromatic heterocycles. The Hall–Kier alpha value is -2.67. The zero-order valence-electron chi connectivity index (χ0n) is 15.3. The van der Waals surface area contributed by atoms with Crippen LogP contribution in [0.2, 0.25) is 0 Å². The van der Waals surface area contributed by atoms with E-state index in [-0.39, 0.29) is 5.91 Å². The molecule has 3 aromatic rings. The molecule has 0 spiro atoms. The number of thioether (sulfide) groups is 1. The van der Waals surface area contributed by atoms with Gasteiger partial charge in [-0.15, -0.1) is 5.10 Å². The van der Waals surface area contributed by atoms with Crippen LogP contribution in [-0.2, 0) is 5.75 Å². The summed E-state index contributed by atoms with van der Waals surface area (Å²) < 4.78 is 1.79. The second-order valence-corrected chi connectivity index (χ2v) is 7.24. The lowest BCUT2D eigenvalue weighted by Crippen LogP contribution is -2.21. The predicted molar refractivity (Wildman–Crippen MR) is 103 cm³/mol. The lowest BCUT2D eigenvalue weighted by Gasteiger charge is -2.11. The highest BCUT2D eigenvalue weighted by Crippen LogP contribution is 2.25. The maximum Gasteiger partial charge on any atom is 0.253 e. The number of tetrazole rings is 1. The van der Waals surface area contributed by atoms with Crippen molar-refractivity contribution in [1.29, 1.82) is 0 Å². The maximum atomic E-state index is 12.0. The Morgan fingerprint density at radius 1 is 1.08 bits per heavy atom. The molecule has 1 heterocycles. The number of rotatable bonds is 5. The first kappa shape index (κ1) is 18.1. The largest absolute Gasteiger partial charge is 0.345 e. The van der Waals surface area contributed by atoms with Gasteiger partial charge in [-0.25, -0.2) is 0 Å². The number of nitrogens with zero attached hydrogens (tertiary/aromatic N) is 5. The van der Waals surface area contributed by atoms with E-state index in [9.17, 15) is 4.79 Å². The second-order valence-electron chi connectivity index (χ2n) is 6.30. The molecule has 0 aliphatic heterocycles. The van der Waals surface area contributed by atoms with E-state index < -0.39 is 0 Å². The normalized spacial score (nSPS) is 10.8. The predicted octanol–water partition coefficient (Wildman–Crippen LogP) is 3.27. The summed E-state index contributed by atoms with van der Waals surface area (Å²) in [7, 11) is 3.50. The molecule has 26 heavy (non-hydrogen) atoms. The quantitative estimate of drug-likeness (QED) is 0.648. The molecule has 0 saturated heterocycles. The van der Waals surface area contributed by atoms with Crippen molar-refractivity contribution in [2.24, 2.45) is 0 Å². The molecule has 0 aliphatic carbocycles. The number of hydrogen-bond donors (Lipinski definition) is 0. The SMILES string of the molecule is Cc1cccc(C)c1-n1nnnc1SCc1ccc(C(=O)N(C)C)cc1. The molecule has 0 fully saturated rings. The van der Waals surface area contributed by atoms with Gasteiger partial charge in [-0.3, -0.25) is 4.79 Å². The van der Waals surface area contributed by atoms with Gasteiger partial charge in [-0.1, -0.05) is 42.1 Å². The van der Waals surface area contributed by atoms with Crippen LogP contribution in [0.25, 0.3) is 5.69 Å². The van der Waals surface area contributed by atoms with Crippen molar-refractivity contribution >= 4 is 17.7 Å². The van der Waals surface area contributed by atoms with Crippen LogP contribution in [0, 0.1) is 13.8 Å². The van der Waals surface area contributed by atoms with Crippen molar-refractivity contribution in [3.63, 3.8) is 0 Å². The lowest BCUT2D eigenvalue weighted by atomic mass is 10.1. The summed E-state index contributed by atoms with van der Waals surface area (Å²) >= 11 is 1.57. The average Bonchev–Trinajstić information content (AvgIpc) is 3.08. The molecule has 134 valence electrons. The zero-order valence-corrected chi connectivity index (χ0v) is 16.1. The van der Waals surface area contributed by atoms with Gasteiger partial charge in [0.1, 0.15) is 0 Å². The molecule has 7 heteroatoms. The molecule has 3 rings (SSSR count). The fourth-order valence-electron chi connectivity index (χ4n) is 2.70.